The molecule has 0 saturated heterocycles. The lowest BCUT2D eigenvalue weighted by molar-refractivity contribution is -0.136. The average Bonchev–Trinajstić information content (AvgIpc) is 2.77. The van der Waals surface area contributed by atoms with E-state index in [2.05, 4.69) is 20.3 Å². The van der Waals surface area contributed by atoms with E-state index in [0.29, 0.717) is 44.7 Å². The molecule has 9 heteroatoms. The summed E-state index contributed by atoms with van der Waals surface area (Å²) in [6, 6.07) is 9.99. The molecule has 1 aromatic carbocycles. The number of aromatic nitrogens is 3. The molecule has 1 aliphatic heterocycles. The van der Waals surface area contributed by atoms with Gasteiger partial charge in [-0.15, -0.1) is 0 Å². The summed E-state index contributed by atoms with van der Waals surface area (Å²) in [5.41, 5.74) is 1.95. The van der Waals surface area contributed by atoms with Crippen molar-refractivity contribution < 1.29 is 13.9 Å². The van der Waals surface area contributed by atoms with E-state index < -0.39 is 17.4 Å². The summed E-state index contributed by atoms with van der Waals surface area (Å²) in [6.45, 7) is 1.73. The highest BCUT2D eigenvalue weighted by Crippen LogP contribution is 2.39. The third-order valence-electron chi connectivity index (χ3n) is 4.97. The second kappa shape index (κ2) is 8.73. The first-order valence-corrected chi connectivity index (χ1v) is 10.4. The lowest BCUT2D eigenvalue weighted by atomic mass is 9.83. The van der Waals surface area contributed by atoms with Crippen molar-refractivity contribution in [1.29, 1.82) is 0 Å². The van der Waals surface area contributed by atoms with E-state index in [0.717, 1.165) is 0 Å². The van der Waals surface area contributed by atoms with Gasteiger partial charge in [-0.2, -0.15) is 0 Å². The number of pyridine rings is 1. The molecule has 7 nitrogen and oxygen atoms in total. The molecule has 158 valence electrons. The SMILES string of the molecule is COC(=O)C1=C(C)Nc2nc(SCc3ccccc3F)[nH]c(=O)c2[C@@H]1c1cccnc1. The number of aromatic amines is 1. The summed E-state index contributed by atoms with van der Waals surface area (Å²) in [6.07, 6.45) is 3.22. The van der Waals surface area contributed by atoms with Gasteiger partial charge in [-0.05, 0) is 30.2 Å². The minimum absolute atomic E-state index is 0.300. The van der Waals surface area contributed by atoms with Gasteiger partial charge in [-0.25, -0.2) is 14.2 Å². The molecule has 1 aliphatic rings. The monoisotopic (exact) mass is 438 g/mol. The number of allylic oxidation sites excluding steroid dienone is 1. The first-order valence-electron chi connectivity index (χ1n) is 9.46. The molecule has 3 aromatic rings. The number of methoxy groups -OCH3 is 1. The molecule has 4 rings (SSSR count). The first kappa shape index (κ1) is 20.8. The molecule has 0 bridgehead atoms. The number of thioether (sulfide) groups is 1. The number of carbonyl (C=O) groups excluding carboxylic acids is 1. The summed E-state index contributed by atoms with van der Waals surface area (Å²) >= 11 is 1.22. The number of benzene rings is 1. The second-order valence-electron chi connectivity index (χ2n) is 6.89. The molecule has 0 radical (unpaired) electrons. The topological polar surface area (TPSA) is 97.0 Å². The predicted molar refractivity (Wildman–Crippen MR) is 115 cm³/mol. The largest absolute Gasteiger partial charge is 0.466 e. The van der Waals surface area contributed by atoms with Gasteiger partial charge in [-0.3, -0.25) is 9.78 Å². The van der Waals surface area contributed by atoms with Gasteiger partial charge in [0.25, 0.3) is 5.56 Å². The Labute approximate surface area is 181 Å². The average molecular weight is 438 g/mol. The van der Waals surface area contributed by atoms with Gasteiger partial charge in [-0.1, -0.05) is 36.0 Å². The van der Waals surface area contributed by atoms with Gasteiger partial charge in [0.15, 0.2) is 5.16 Å². The molecule has 0 unspecified atom stereocenters. The Kier molecular flexibility index (Phi) is 5.85. The van der Waals surface area contributed by atoms with Crippen molar-refractivity contribution in [2.24, 2.45) is 0 Å². The van der Waals surface area contributed by atoms with Gasteiger partial charge in [0.1, 0.15) is 11.6 Å². The molecule has 0 aliphatic carbocycles. The Morgan fingerprint density at radius 2 is 2.06 bits per heavy atom. The van der Waals surface area contributed by atoms with Gasteiger partial charge in [0, 0.05) is 23.8 Å². The lowest BCUT2D eigenvalue weighted by Gasteiger charge is -2.28. The van der Waals surface area contributed by atoms with E-state index in [1.54, 1.807) is 49.6 Å². The Morgan fingerprint density at radius 1 is 1.26 bits per heavy atom. The summed E-state index contributed by atoms with van der Waals surface area (Å²) in [4.78, 5) is 37.0. The van der Waals surface area contributed by atoms with Crippen LogP contribution in [-0.4, -0.2) is 28.0 Å². The zero-order chi connectivity index (χ0) is 22.0. The van der Waals surface area contributed by atoms with Gasteiger partial charge in [0.05, 0.1) is 24.2 Å². The highest BCUT2D eigenvalue weighted by molar-refractivity contribution is 7.98. The number of anilines is 1. The predicted octanol–water partition coefficient (Wildman–Crippen LogP) is 3.60. The second-order valence-corrected chi connectivity index (χ2v) is 7.85. The van der Waals surface area contributed by atoms with Crippen molar-refractivity contribution in [3.63, 3.8) is 0 Å². The molecule has 0 fully saturated rings. The van der Waals surface area contributed by atoms with E-state index in [9.17, 15) is 14.0 Å². The van der Waals surface area contributed by atoms with Crippen LogP contribution in [0.4, 0.5) is 10.2 Å². The van der Waals surface area contributed by atoms with E-state index in [-0.39, 0.29) is 5.82 Å². The third kappa shape index (κ3) is 4.09. The number of rotatable bonds is 5. The van der Waals surface area contributed by atoms with Gasteiger partial charge in [0.2, 0.25) is 0 Å². The highest BCUT2D eigenvalue weighted by Gasteiger charge is 2.36. The minimum atomic E-state index is -0.681. The normalized spacial score (nSPS) is 15.3. The van der Waals surface area contributed by atoms with E-state index in [1.807, 2.05) is 0 Å². The van der Waals surface area contributed by atoms with Crippen LogP contribution in [0.2, 0.25) is 0 Å². The molecule has 31 heavy (non-hydrogen) atoms. The first-order chi connectivity index (χ1) is 15.0. The molecular formula is C22H19FN4O3S. The molecule has 3 heterocycles. The minimum Gasteiger partial charge on any atom is -0.466 e. The van der Waals surface area contributed by atoms with Crippen LogP contribution in [0.15, 0.2) is 70.0 Å². The van der Waals surface area contributed by atoms with Crippen LogP contribution in [0.5, 0.6) is 0 Å². The van der Waals surface area contributed by atoms with Crippen LogP contribution in [0.3, 0.4) is 0 Å². The van der Waals surface area contributed by atoms with Crippen molar-refractivity contribution >= 4 is 23.5 Å². The van der Waals surface area contributed by atoms with Crippen LogP contribution in [0.25, 0.3) is 0 Å². The number of H-pyrrole nitrogens is 1. The third-order valence-corrected chi connectivity index (χ3v) is 5.89. The van der Waals surface area contributed by atoms with Crippen LogP contribution in [0.1, 0.15) is 29.5 Å². The zero-order valence-electron chi connectivity index (χ0n) is 16.8. The highest BCUT2D eigenvalue weighted by atomic mass is 32.2. The quantitative estimate of drug-likeness (QED) is 0.357. The number of fused-ring (bicyclic) bond motifs is 1. The van der Waals surface area contributed by atoms with Gasteiger partial charge >= 0.3 is 5.97 Å². The maximum Gasteiger partial charge on any atom is 0.336 e. The van der Waals surface area contributed by atoms with Gasteiger partial charge < -0.3 is 15.0 Å². The van der Waals surface area contributed by atoms with Crippen molar-refractivity contribution in [2.45, 2.75) is 23.8 Å². The molecular weight excluding hydrogens is 419 g/mol. The summed E-state index contributed by atoms with van der Waals surface area (Å²) in [5, 5.41) is 3.40. The fourth-order valence-electron chi connectivity index (χ4n) is 3.52. The molecule has 2 aromatic heterocycles. The number of hydrogen-bond acceptors (Lipinski definition) is 7. The number of nitrogens with one attached hydrogen (secondary N) is 2. The Hall–Kier alpha value is -3.46. The summed E-state index contributed by atoms with van der Waals surface area (Å²) in [7, 11) is 1.30. The summed E-state index contributed by atoms with van der Waals surface area (Å²) in [5.74, 6) is -0.880. The zero-order valence-corrected chi connectivity index (χ0v) is 17.6. The number of ether oxygens (including phenoxy) is 1. The Balaban J connectivity index is 1.76. The van der Waals surface area contributed by atoms with Crippen molar-refractivity contribution in [2.75, 3.05) is 12.4 Å². The Morgan fingerprint density at radius 3 is 2.77 bits per heavy atom. The number of esters is 1. The van der Waals surface area contributed by atoms with Crippen LogP contribution in [0, 0.1) is 5.82 Å². The fourth-order valence-corrected chi connectivity index (χ4v) is 4.37. The fraction of sp³-hybridized carbons (Fsp3) is 0.182. The van der Waals surface area contributed by atoms with Crippen LogP contribution in [-0.2, 0) is 15.3 Å². The Bertz CT molecular complexity index is 1230. The van der Waals surface area contributed by atoms with Crippen LogP contribution >= 0.6 is 11.8 Å². The maximum absolute atomic E-state index is 13.9. The molecule has 0 saturated carbocycles. The number of nitrogens with zero attached hydrogens (tertiary/aromatic N) is 2. The van der Waals surface area contributed by atoms with Crippen molar-refractivity contribution in [1.82, 2.24) is 15.0 Å². The van der Waals surface area contributed by atoms with Crippen molar-refractivity contribution in [3.05, 3.63) is 92.9 Å². The van der Waals surface area contributed by atoms with E-state index in [4.69, 9.17) is 4.74 Å². The maximum atomic E-state index is 13.9. The molecule has 0 amide bonds. The standard InChI is InChI=1S/C22H19FN4O3S/c1-12-16(21(29)30-2)17(13-7-5-9-24-10-13)18-19(25-12)26-22(27-20(18)28)31-11-14-6-3-4-8-15(14)23/h3-10,17H,11H2,1-2H3,(H2,25,26,27,28)/t17-/m1/s1. The number of carbonyl (C=O) groups is 1. The number of halogens is 1. The van der Waals surface area contributed by atoms with E-state index in [1.165, 1.54) is 24.9 Å². The van der Waals surface area contributed by atoms with E-state index >= 15 is 0 Å². The smallest absolute Gasteiger partial charge is 0.336 e. The molecule has 1 atom stereocenters. The van der Waals surface area contributed by atoms with Crippen molar-refractivity contribution in [3.8, 4) is 0 Å². The summed E-state index contributed by atoms with van der Waals surface area (Å²) < 4.78 is 18.9. The molecule has 2 N–H and O–H groups in total. The molecule has 0 spiro atoms. The van der Waals surface area contributed by atoms with Crippen LogP contribution < -0.4 is 10.9 Å². The number of hydrogen-bond donors (Lipinski definition) is 2. The lowest BCUT2D eigenvalue weighted by Crippen LogP contribution is -2.31.